The summed E-state index contributed by atoms with van der Waals surface area (Å²) in [6, 6.07) is 14.2. The minimum Gasteiger partial charge on any atom is -0.508 e. The summed E-state index contributed by atoms with van der Waals surface area (Å²) in [5, 5.41) is 9.24. The maximum absolute atomic E-state index is 12.3. The second-order valence-electron chi connectivity index (χ2n) is 4.56. The monoisotopic (exact) mass is 251 g/mol. The lowest BCUT2D eigenvalue weighted by molar-refractivity contribution is 0.106. The van der Waals surface area contributed by atoms with Crippen LogP contribution in [0.25, 0.3) is 0 Å². The molecule has 0 amide bonds. The third kappa shape index (κ3) is 2.27. The van der Waals surface area contributed by atoms with E-state index in [4.69, 9.17) is 0 Å². The molecule has 0 unspecified atom stereocenters. The molecule has 3 nitrogen and oxygen atoms in total. The average molecular weight is 251 g/mol. The van der Waals surface area contributed by atoms with Crippen molar-refractivity contribution in [2.45, 2.75) is 12.8 Å². The zero-order chi connectivity index (χ0) is 13.2. The van der Waals surface area contributed by atoms with E-state index >= 15 is 0 Å². The molecule has 2 aromatic carbocycles. The molecule has 0 aliphatic carbocycles. The largest absolute Gasteiger partial charge is 0.508 e. The summed E-state index contributed by atoms with van der Waals surface area (Å²) < 4.78 is 0. The number of rotatable bonds is 2. The quantitative estimate of drug-likeness (QED) is 0.832. The third-order valence-electron chi connectivity index (χ3n) is 3.27. The van der Waals surface area contributed by atoms with Crippen LogP contribution in [0.5, 0.6) is 5.75 Å². The SMILES string of the molecule is O=C(C1=Nc2ccccc2CC1)c1ccc(O)cc1. The molecule has 1 heterocycles. The summed E-state index contributed by atoms with van der Waals surface area (Å²) in [6.45, 7) is 0. The topological polar surface area (TPSA) is 49.7 Å². The average Bonchev–Trinajstić information content (AvgIpc) is 2.47. The minimum atomic E-state index is -0.0606. The Balaban J connectivity index is 1.93. The number of phenols is 1. The van der Waals surface area contributed by atoms with E-state index in [1.165, 1.54) is 17.7 Å². The third-order valence-corrected chi connectivity index (χ3v) is 3.27. The molecule has 0 saturated carbocycles. The molecule has 19 heavy (non-hydrogen) atoms. The number of aromatic hydroxyl groups is 1. The van der Waals surface area contributed by atoms with Crippen LogP contribution >= 0.6 is 0 Å². The van der Waals surface area contributed by atoms with Gasteiger partial charge in [0.05, 0.1) is 11.4 Å². The number of nitrogens with zero attached hydrogens (tertiary/aromatic N) is 1. The highest BCUT2D eigenvalue weighted by Crippen LogP contribution is 2.26. The van der Waals surface area contributed by atoms with Crippen molar-refractivity contribution in [2.75, 3.05) is 0 Å². The van der Waals surface area contributed by atoms with Crippen LogP contribution in [0.2, 0.25) is 0 Å². The smallest absolute Gasteiger partial charge is 0.207 e. The number of phenolic OH excluding ortho intramolecular Hbond substituents is 1. The van der Waals surface area contributed by atoms with Gasteiger partial charge in [-0.25, -0.2) is 4.99 Å². The maximum Gasteiger partial charge on any atom is 0.207 e. The molecule has 0 atom stereocenters. The van der Waals surface area contributed by atoms with Gasteiger partial charge in [0.2, 0.25) is 5.78 Å². The summed E-state index contributed by atoms with van der Waals surface area (Å²) in [6.07, 6.45) is 1.51. The zero-order valence-electron chi connectivity index (χ0n) is 10.3. The Morgan fingerprint density at radius 1 is 1.00 bits per heavy atom. The van der Waals surface area contributed by atoms with Crippen molar-refractivity contribution < 1.29 is 9.90 Å². The van der Waals surface area contributed by atoms with Gasteiger partial charge in [0.25, 0.3) is 0 Å². The van der Waals surface area contributed by atoms with Crippen LogP contribution in [0.15, 0.2) is 53.5 Å². The fraction of sp³-hybridized carbons (Fsp3) is 0.125. The number of Topliss-reactive ketones (excluding diaryl/α,β-unsaturated/α-hetero) is 1. The summed E-state index contributed by atoms with van der Waals surface area (Å²) >= 11 is 0. The van der Waals surface area contributed by atoms with Gasteiger partial charge in [0, 0.05) is 5.56 Å². The highest BCUT2D eigenvalue weighted by molar-refractivity contribution is 6.46. The molecular formula is C16H13NO2. The molecule has 0 spiro atoms. The van der Waals surface area contributed by atoms with Crippen molar-refractivity contribution in [3.63, 3.8) is 0 Å². The van der Waals surface area contributed by atoms with Crippen molar-refractivity contribution in [3.05, 3.63) is 59.7 Å². The molecule has 1 aliphatic heterocycles. The van der Waals surface area contributed by atoms with Crippen LogP contribution in [0.4, 0.5) is 5.69 Å². The van der Waals surface area contributed by atoms with Gasteiger partial charge in [-0.3, -0.25) is 4.79 Å². The molecule has 2 aromatic rings. The first-order valence-corrected chi connectivity index (χ1v) is 6.23. The molecule has 0 fully saturated rings. The summed E-state index contributed by atoms with van der Waals surface area (Å²) in [5.41, 5.74) is 3.22. The predicted octanol–water partition coefficient (Wildman–Crippen LogP) is 3.29. The molecular weight excluding hydrogens is 238 g/mol. The highest BCUT2D eigenvalue weighted by Gasteiger charge is 2.18. The van der Waals surface area contributed by atoms with Gasteiger partial charge in [0.15, 0.2) is 0 Å². The van der Waals surface area contributed by atoms with Crippen molar-refractivity contribution in [1.82, 2.24) is 0 Å². The number of para-hydroxylation sites is 1. The van der Waals surface area contributed by atoms with Crippen LogP contribution in [-0.2, 0) is 6.42 Å². The number of fused-ring (bicyclic) bond motifs is 1. The molecule has 3 heteroatoms. The van der Waals surface area contributed by atoms with E-state index < -0.39 is 0 Å². The van der Waals surface area contributed by atoms with E-state index in [0.717, 1.165) is 12.1 Å². The lowest BCUT2D eigenvalue weighted by atomic mass is 9.96. The molecule has 0 bridgehead atoms. The number of hydrogen-bond acceptors (Lipinski definition) is 3. The summed E-state index contributed by atoms with van der Waals surface area (Å²) in [7, 11) is 0. The van der Waals surface area contributed by atoms with Gasteiger partial charge >= 0.3 is 0 Å². The van der Waals surface area contributed by atoms with Gasteiger partial charge in [0.1, 0.15) is 5.75 Å². The normalized spacial score (nSPS) is 13.6. The maximum atomic E-state index is 12.3. The Kier molecular flexibility index (Phi) is 2.88. The fourth-order valence-electron chi connectivity index (χ4n) is 2.23. The number of aryl methyl sites for hydroxylation is 1. The van der Waals surface area contributed by atoms with E-state index in [9.17, 15) is 9.90 Å². The second kappa shape index (κ2) is 4.69. The Morgan fingerprint density at radius 3 is 2.53 bits per heavy atom. The second-order valence-corrected chi connectivity index (χ2v) is 4.56. The molecule has 94 valence electrons. The first-order chi connectivity index (χ1) is 9.24. The van der Waals surface area contributed by atoms with Crippen molar-refractivity contribution in [3.8, 4) is 5.75 Å². The number of carbonyl (C=O) groups excluding carboxylic acids is 1. The van der Waals surface area contributed by atoms with Gasteiger partial charge in [-0.05, 0) is 48.7 Å². The Morgan fingerprint density at radius 2 is 1.74 bits per heavy atom. The van der Waals surface area contributed by atoms with Crippen LogP contribution in [0, 0.1) is 0 Å². The summed E-state index contributed by atoms with van der Waals surface area (Å²) in [5.74, 6) is 0.0991. The minimum absolute atomic E-state index is 0.0606. The van der Waals surface area contributed by atoms with Crippen LogP contribution in [0.3, 0.4) is 0 Å². The van der Waals surface area contributed by atoms with E-state index in [1.54, 1.807) is 12.1 Å². The number of carbonyl (C=O) groups is 1. The number of benzene rings is 2. The molecule has 0 radical (unpaired) electrons. The van der Waals surface area contributed by atoms with Crippen LogP contribution in [0.1, 0.15) is 22.3 Å². The number of hydrogen-bond donors (Lipinski definition) is 1. The van der Waals surface area contributed by atoms with Crippen LogP contribution in [-0.4, -0.2) is 16.6 Å². The zero-order valence-corrected chi connectivity index (χ0v) is 10.3. The van der Waals surface area contributed by atoms with E-state index in [0.29, 0.717) is 17.7 Å². The molecule has 0 aromatic heterocycles. The van der Waals surface area contributed by atoms with Gasteiger partial charge in [-0.1, -0.05) is 18.2 Å². The van der Waals surface area contributed by atoms with Crippen molar-refractivity contribution in [2.24, 2.45) is 4.99 Å². The van der Waals surface area contributed by atoms with E-state index in [1.807, 2.05) is 24.3 Å². The van der Waals surface area contributed by atoms with Gasteiger partial charge in [-0.2, -0.15) is 0 Å². The summed E-state index contributed by atoms with van der Waals surface area (Å²) in [4.78, 5) is 16.8. The van der Waals surface area contributed by atoms with Crippen molar-refractivity contribution >= 4 is 17.2 Å². The lowest BCUT2D eigenvalue weighted by Gasteiger charge is -2.14. The molecule has 1 aliphatic rings. The van der Waals surface area contributed by atoms with Gasteiger partial charge in [-0.15, -0.1) is 0 Å². The lowest BCUT2D eigenvalue weighted by Crippen LogP contribution is -2.17. The molecule has 1 N–H and O–H groups in total. The molecule has 0 saturated heterocycles. The van der Waals surface area contributed by atoms with E-state index in [2.05, 4.69) is 4.99 Å². The van der Waals surface area contributed by atoms with E-state index in [-0.39, 0.29) is 11.5 Å². The van der Waals surface area contributed by atoms with Gasteiger partial charge < -0.3 is 5.11 Å². The fourth-order valence-corrected chi connectivity index (χ4v) is 2.23. The number of aliphatic imine (C=N–C) groups is 1. The molecule has 3 rings (SSSR count). The first kappa shape index (κ1) is 11.7. The standard InChI is InChI=1S/C16H13NO2/c18-13-8-5-12(6-9-13)16(19)15-10-7-11-3-1-2-4-14(11)17-15/h1-6,8-9,18H,7,10H2. The Bertz CT molecular complexity index is 657. The predicted molar refractivity (Wildman–Crippen MR) is 74.3 cm³/mol. The van der Waals surface area contributed by atoms with Crippen LogP contribution < -0.4 is 0 Å². The Hall–Kier alpha value is -2.42. The van der Waals surface area contributed by atoms with Crippen molar-refractivity contribution in [1.29, 1.82) is 0 Å². The number of ketones is 1. The Labute approximate surface area is 111 Å². The highest BCUT2D eigenvalue weighted by atomic mass is 16.3. The first-order valence-electron chi connectivity index (χ1n) is 6.23.